The molecule has 112 valence electrons. The molecule has 4 unspecified atom stereocenters. The van der Waals surface area contributed by atoms with E-state index in [0.29, 0.717) is 0 Å². The smallest absolute Gasteiger partial charge is 0.330 e. The van der Waals surface area contributed by atoms with E-state index in [-0.39, 0.29) is 5.56 Å². The Bertz CT molecular complexity index is 581. The first-order valence-corrected chi connectivity index (χ1v) is 5.95. The van der Waals surface area contributed by atoms with Gasteiger partial charge in [0.25, 0.3) is 5.56 Å². The molecule has 1 aromatic heterocycles. The summed E-state index contributed by atoms with van der Waals surface area (Å²) in [5.41, 5.74) is -1.48. The van der Waals surface area contributed by atoms with Crippen LogP contribution < -0.4 is 11.2 Å². The molecule has 1 saturated heterocycles. The first-order chi connectivity index (χ1) is 9.53. The van der Waals surface area contributed by atoms with Gasteiger partial charge in [-0.1, -0.05) is 0 Å². The molecule has 1 aromatic rings. The fourth-order valence-corrected chi connectivity index (χ4v) is 2.18. The van der Waals surface area contributed by atoms with Crippen molar-refractivity contribution in [2.45, 2.75) is 31.1 Å². The second-order valence-corrected chi connectivity index (χ2v) is 4.42. The molecule has 1 aliphatic rings. The third kappa shape index (κ3) is 2.41. The van der Waals surface area contributed by atoms with Crippen molar-refractivity contribution in [1.29, 1.82) is 0 Å². The lowest BCUT2D eigenvalue weighted by Gasteiger charge is -2.20. The van der Waals surface area contributed by atoms with Gasteiger partial charge < -0.3 is 24.8 Å². The Morgan fingerprint density at radius 2 is 2.15 bits per heavy atom. The molecule has 0 saturated carbocycles. The first kappa shape index (κ1) is 14.9. The van der Waals surface area contributed by atoms with Crippen LogP contribution in [0.2, 0.25) is 0 Å². The predicted molar refractivity (Wildman–Crippen MR) is 65.0 cm³/mol. The SMILES string of the molecule is COC1C(O)C(CO)OC1n1cc(CO)c(=O)[nH]c1=O. The predicted octanol–water partition coefficient (Wildman–Crippen LogP) is -2.71. The number of ether oxygens (including phenoxy) is 2. The molecule has 4 atom stereocenters. The topological polar surface area (TPSA) is 134 Å². The van der Waals surface area contributed by atoms with Crippen molar-refractivity contribution in [1.82, 2.24) is 9.55 Å². The van der Waals surface area contributed by atoms with Gasteiger partial charge in [0.15, 0.2) is 6.23 Å². The van der Waals surface area contributed by atoms with E-state index in [0.717, 1.165) is 10.8 Å². The van der Waals surface area contributed by atoms with E-state index in [1.165, 1.54) is 7.11 Å². The number of H-pyrrole nitrogens is 1. The van der Waals surface area contributed by atoms with Crippen LogP contribution in [0.3, 0.4) is 0 Å². The monoisotopic (exact) mass is 288 g/mol. The molecule has 1 aliphatic heterocycles. The molecule has 2 rings (SSSR count). The van der Waals surface area contributed by atoms with Crippen molar-refractivity contribution in [3.8, 4) is 0 Å². The molecule has 0 amide bonds. The van der Waals surface area contributed by atoms with Crippen LogP contribution in [0.5, 0.6) is 0 Å². The number of hydrogen-bond donors (Lipinski definition) is 4. The highest BCUT2D eigenvalue weighted by Gasteiger charge is 2.45. The van der Waals surface area contributed by atoms with Crippen molar-refractivity contribution in [2.24, 2.45) is 0 Å². The Hall–Kier alpha value is -1.52. The van der Waals surface area contributed by atoms with Crippen molar-refractivity contribution in [3.05, 3.63) is 32.6 Å². The summed E-state index contributed by atoms with van der Waals surface area (Å²) >= 11 is 0. The molecule has 0 radical (unpaired) electrons. The number of methoxy groups -OCH3 is 1. The van der Waals surface area contributed by atoms with Crippen LogP contribution >= 0.6 is 0 Å². The minimum absolute atomic E-state index is 0.0232. The second-order valence-electron chi connectivity index (χ2n) is 4.42. The number of aliphatic hydroxyl groups is 3. The number of aromatic nitrogens is 2. The van der Waals surface area contributed by atoms with E-state index < -0.39 is 49.0 Å². The second kappa shape index (κ2) is 5.85. The van der Waals surface area contributed by atoms with Crippen LogP contribution in [-0.4, -0.2) is 56.9 Å². The fourth-order valence-electron chi connectivity index (χ4n) is 2.18. The molecular weight excluding hydrogens is 272 g/mol. The maximum atomic E-state index is 11.8. The summed E-state index contributed by atoms with van der Waals surface area (Å²) < 4.78 is 11.5. The van der Waals surface area contributed by atoms with Crippen molar-refractivity contribution < 1.29 is 24.8 Å². The Labute approximate surface area is 113 Å². The molecule has 0 bridgehead atoms. The average molecular weight is 288 g/mol. The van der Waals surface area contributed by atoms with Gasteiger partial charge in [-0.3, -0.25) is 14.3 Å². The van der Waals surface area contributed by atoms with E-state index in [4.69, 9.17) is 19.7 Å². The molecule has 0 aromatic carbocycles. The highest BCUT2D eigenvalue weighted by molar-refractivity contribution is 5.04. The Balaban J connectivity index is 2.45. The Morgan fingerprint density at radius 3 is 2.70 bits per heavy atom. The lowest BCUT2D eigenvalue weighted by Crippen LogP contribution is -2.39. The van der Waals surface area contributed by atoms with Crippen LogP contribution in [0.4, 0.5) is 0 Å². The molecule has 1 fully saturated rings. The van der Waals surface area contributed by atoms with Crippen LogP contribution in [0.25, 0.3) is 0 Å². The van der Waals surface area contributed by atoms with Crippen LogP contribution in [0.15, 0.2) is 15.8 Å². The van der Waals surface area contributed by atoms with E-state index in [2.05, 4.69) is 0 Å². The van der Waals surface area contributed by atoms with Crippen molar-refractivity contribution >= 4 is 0 Å². The molecule has 20 heavy (non-hydrogen) atoms. The summed E-state index contributed by atoms with van der Waals surface area (Å²) in [6, 6.07) is 0. The summed E-state index contributed by atoms with van der Waals surface area (Å²) in [5, 5.41) is 28.1. The van der Waals surface area contributed by atoms with Crippen LogP contribution in [-0.2, 0) is 16.1 Å². The van der Waals surface area contributed by atoms with Gasteiger partial charge in [-0.25, -0.2) is 4.79 Å². The largest absolute Gasteiger partial charge is 0.394 e. The van der Waals surface area contributed by atoms with E-state index in [1.54, 1.807) is 0 Å². The summed E-state index contributed by atoms with van der Waals surface area (Å²) in [7, 11) is 1.33. The van der Waals surface area contributed by atoms with Gasteiger partial charge in [-0.2, -0.15) is 0 Å². The normalized spacial score (nSPS) is 29.8. The molecule has 2 heterocycles. The maximum Gasteiger partial charge on any atom is 0.330 e. The molecule has 0 aliphatic carbocycles. The van der Waals surface area contributed by atoms with Gasteiger partial charge >= 0.3 is 5.69 Å². The quantitative estimate of drug-likeness (QED) is 0.473. The first-order valence-electron chi connectivity index (χ1n) is 5.95. The third-order valence-corrected chi connectivity index (χ3v) is 3.25. The number of nitrogens with zero attached hydrogens (tertiary/aromatic N) is 1. The van der Waals surface area contributed by atoms with E-state index in [9.17, 15) is 14.7 Å². The van der Waals surface area contributed by atoms with Crippen LogP contribution in [0, 0.1) is 0 Å². The van der Waals surface area contributed by atoms with Gasteiger partial charge in [0.05, 0.1) is 18.8 Å². The minimum atomic E-state index is -1.12. The third-order valence-electron chi connectivity index (χ3n) is 3.25. The van der Waals surface area contributed by atoms with Crippen molar-refractivity contribution in [2.75, 3.05) is 13.7 Å². The van der Waals surface area contributed by atoms with Gasteiger partial charge in [0.2, 0.25) is 0 Å². The van der Waals surface area contributed by atoms with Crippen molar-refractivity contribution in [3.63, 3.8) is 0 Å². The lowest BCUT2D eigenvalue weighted by atomic mass is 10.1. The lowest BCUT2D eigenvalue weighted by molar-refractivity contribution is -0.0627. The number of rotatable bonds is 4. The summed E-state index contributed by atoms with van der Waals surface area (Å²) in [6.07, 6.45) is -2.78. The summed E-state index contributed by atoms with van der Waals surface area (Å²) in [4.78, 5) is 25.2. The number of nitrogens with one attached hydrogen (secondary N) is 1. The number of aliphatic hydroxyl groups excluding tert-OH is 3. The van der Waals surface area contributed by atoms with Gasteiger partial charge in [0, 0.05) is 13.3 Å². The molecular formula is C11H16N2O7. The fraction of sp³-hybridized carbons (Fsp3) is 0.636. The highest BCUT2D eigenvalue weighted by atomic mass is 16.6. The average Bonchev–Trinajstić information content (AvgIpc) is 2.75. The molecule has 4 N–H and O–H groups in total. The zero-order valence-corrected chi connectivity index (χ0v) is 10.7. The van der Waals surface area contributed by atoms with Gasteiger partial charge in [0.1, 0.15) is 18.3 Å². The Morgan fingerprint density at radius 1 is 1.45 bits per heavy atom. The van der Waals surface area contributed by atoms with E-state index >= 15 is 0 Å². The summed E-state index contributed by atoms with van der Waals surface area (Å²) in [6.45, 7) is -0.992. The summed E-state index contributed by atoms with van der Waals surface area (Å²) in [5.74, 6) is 0. The Kier molecular flexibility index (Phi) is 4.35. The molecule has 9 nitrogen and oxygen atoms in total. The van der Waals surface area contributed by atoms with Gasteiger partial charge in [-0.15, -0.1) is 0 Å². The zero-order valence-electron chi connectivity index (χ0n) is 10.7. The minimum Gasteiger partial charge on any atom is -0.394 e. The van der Waals surface area contributed by atoms with E-state index in [1.807, 2.05) is 4.98 Å². The zero-order chi connectivity index (χ0) is 14.9. The highest BCUT2D eigenvalue weighted by Crippen LogP contribution is 2.30. The maximum absolute atomic E-state index is 11.8. The molecule has 9 heteroatoms. The number of aromatic amines is 1. The molecule has 0 spiro atoms. The van der Waals surface area contributed by atoms with Crippen LogP contribution in [0.1, 0.15) is 11.8 Å². The standard InChI is InChI=1S/C11H16N2O7/c1-19-8-7(16)6(4-15)20-10(8)13-2-5(3-14)9(17)12-11(13)18/h2,6-8,10,14-16H,3-4H2,1H3,(H,12,17,18). The number of hydrogen-bond acceptors (Lipinski definition) is 7. The van der Waals surface area contributed by atoms with Gasteiger partial charge in [-0.05, 0) is 0 Å².